The number of hydrogen-bond acceptors (Lipinski definition) is 4. The van der Waals surface area contributed by atoms with Crippen LogP contribution in [-0.4, -0.2) is 33.8 Å². The van der Waals surface area contributed by atoms with E-state index >= 15 is 0 Å². The van der Waals surface area contributed by atoms with Crippen LogP contribution in [0.4, 0.5) is 11.5 Å². The second-order valence-corrected chi connectivity index (χ2v) is 4.96. The molecule has 1 aliphatic rings. The van der Waals surface area contributed by atoms with Gasteiger partial charge in [-0.1, -0.05) is 0 Å². The minimum absolute atomic E-state index is 0.172. The van der Waals surface area contributed by atoms with Gasteiger partial charge in [-0.05, 0) is 25.0 Å². The molecule has 1 amide bonds. The molecule has 0 aliphatic carbocycles. The third-order valence-electron chi connectivity index (χ3n) is 3.40. The number of carbonyl (C=O) groups excluding carboxylic acids is 1. The molecule has 20 heavy (non-hydrogen) atoms. The number of nitrogens with one attached hydrogen (secondary N) is 1. The molecular formula is C14H17N5O. The smallest absolute Gasteiger partial charge is 0.258 e. The molecule has 6 nitrogen and oxygen atoms in total. The number of aromatic nitrogens is 3. The zero-order valence-electron chi connectivity index (χ0n) is 11.4. The van der Waals surface area contributed by atoms with Crippen molar-refractivity contribution in [1.29, 1.82) is 0 Å². The third kappa shape index (κ3) is 2.64. The van der Waals surface area contributed by atoms with Gasteiger partial charge in [0, 0.05) is 26.3 Å². The van der Waals surface area contributed by atoms with Crippen molar-refractivity contribution in [2.24, 2.45) is 7.05 Å². The summed E-state index contributed by atoms with van der Waals surface area (Å²) < 4.78 is 1.60. The number of aryl methyl sites for hydroxylation is 1. The number of rotatable bonds is 3. The summed E-state index contributed by atoms with van der Waals surface area (Å²) in [4.78, 5) is 18.6. The fraction of sp³-hybridized carbons (Fsp3) is 0.357. The van der Waals surface area contributed by atoms with E-state index in [4.69, 9.17) is 0 Å². The molecule has 3 heterocycles. The maximum Gasteiger partial charge on any atom is 0.258 e. The number of hydrogen-bond donors (Lipinski definition) is 1. The van der Waals surface area contributed by atoms with Crippen LogP contribution in [-0.2, 0) is 7.05 Å². The zero-order chi connectivity index (χ0) is 13.9. The van der Waals surface area contributed by atoms with Gasteiger partial charge in [-0.25, -0.2) is 4.98 Å². The molecule has 2 aromatic heterocycles. The van der Waals surface area contributed by atoms with Crippen LogP contribution in [0.3, 0.4) is 0 Å². The lowest BCUT2D eigenvalue weighted by atomic mass is 10.3. The summed E-state index contributed by atoms with van der Waals surface area (Å²) in [6.45, 7) is 2.13. The number of pyridine rings is 1. The van der Waals surface area contributed by atoms with Gasteiger partial charge in [-0.2, -0.15) is 5.10 Å². The summed E-state index contributed by atoms with van der Waals surface area (Å²) in [5.74, 6) is 0.802. The van der Waals surface area contributed by atoms with Crippen LogP contribution < -0.4 is 10.2 Å². The lowest BCUT2D eigenvalue weighted by molar-refractivity contribution is 0.102. The highest BCUT2D eigenvalue weighted by atomic mass is 16.1. The molecule has 0 spiro atoms. The van der Waals surface area contributed by atoms with E-state index in [-0.39, 0.29) is 5.91 Å². The maximum absolute atomic E-state index is 12.0. The molecule has 1 saturated heterocycles. The Hall–Kier alpha value is -2.37. The Morgan fingerprint density at radius 3 is 2.65 bits per heavy atom. The minimum Gasteiger partial charge on any atom is -0.357 e. The van der Waals surface area contributed by atoms with Gasteiger partial charge in [0.2, 0.25) is 0 Å². The van der Waals surface area contributed by atoms with Crippen LogP contribution in [0, 0.1) is 0 Å². The molecule has 0 aromatic carbocycles. The van der Waals surface area contributed by atoms with Crippen molar-refractivity contribution >= 4 is 17.4 Å². The molecule has 1 N–H and O–H groups in total. The molecule has 3 rings (SSSR count). The summed E-state index contributed by atoms with van der Waals surface area (Å²) in [6, 6.07) is 3.83. The van der Waals surface area contributed by atoms with Gasteiger partial charge < -0.3 is 10.2 Å². The zero-order valence-corrected chi connectivity index (χ0v) is 11.4. The summed E-state index contributed by atoms with van der Waals surface area (Å²) >= 11 is 0. The van der Waals surface area contributed by atoms with Gasteiger partial charge in [0.1, 0.15) is 5.82 Å². The average molecular weight is 271 g/mol. The topological polar surface area (TPSA) is 63.1 Å². The van der Waals surface area contributed by atoms with E-state index in [1.54, 1.807) is 30.3 Å². The SMILES string of the molecule is Cn1cc(C(=O)Nc2ccc(N3CCCC3)nc2)cn1. The van der Waals surface area contributed by atoms with Gasteiger partial charge in [0.05, 0.1) is 23.6 Å². The van der Waals surface area contributed by atoms with E-state index in [1.807, 2.05) is 12.1 Å². The highest BCUT2D eigenvalue weighted by Gasteiger charge is 2.13. The van der Waals surface area contributed by atoms with Crippen molar-refractivity contribution in [3.63, 3.8) is 0 Å². The van der Waals surface area contributed by atoms with Crippen LogP contribution in [0.2, 0.25) is 0 Å². The van der Waals surface area contributed by atoms with E-state index in [2.05, 4.69) is 20.3 Å². The van der Waals surface area contributed by atoms with Crippen molar-refractivity contribution < 1.29 is 4.79 Å². The molecule has 6 heteroatoms. The molecule has 0 atom stereocenters. The monoisotopic (exact) mass is 271 g/mol. The molecular weight excluding hydrogens is 254 g/mol. The predicted molar refractivity (Wildman–Crippen MR) is 76.8 cm³/mol. The summed E-state index contributed by atoms with van der Waals surface area (Å²) in [6.07, 6.45) is 7.37. The molecule has 0 saturated carbocycles. The van der Waals surface area contributed by atoms with Crippen LogP contribution >= 0.6 is 0 Å². The average Bonchev–Trinajstić information content (AvgIpc) is 3.10. The number of anilines is 2. The highest BCUT2D eigenvalue weighted by Crippen LogP contribution is 2.19. The van der Waals surface area contributed by atoms with Crippen LogP contribution in [0.15, 0.2) is 30.7 Å². The Kier molecular flexibility index (Phi) is 3.37. The minimum atomic E-state index is -0.172. The quantitative estimate of drug-likeness (QED) is 0.922. The lowest BCUT2D eigenvalue weighted by Crippen LogP contribution is -2.19. The van der Waals surface area contributed by atoms with E-state index in [9.17, 15) is 4.79 Å². The number of carbonyl (C=O) groups is 1. The Labute approximate surface area is 117 Å². The van der Waals surface area contributed by atoms with E-state index < -0.39 is 0 Å². The molecule has 0 radical (unpaired) electrons. The van der Waals surface area contributed by atoms with Gasteiger partial charge in [-0.15, -0.1) is 0 Å². The maximum atomic E-state index is 12.0. The third-order valence-corrected chi connectivity index (χ3v) is 3.40. The first-order valence-electron chi connectivity index (χ1n) is 6.73. The van der Waals surface area contributed by atoms with Crippen molar-refractivity contribution in [3.8, 4) is 0 Å². The second-order valence-electron chi connectivity index (χ2n) is 4.96. The highest BCUT2D eigenvalue weighted by molar-refractivity contribution is 6.03. The first-order valence-corrected chi connectivity index (χ1v) is 6.73. The molecule has 2 aromatic rings. The van der Waals surface area contributed by atoms with E-state index in [0.717, 1.165) is 18.9 Å². The van der Waals surface area contributed by atoms with Crippen molar-refractivity contribution in [3.05, 3.63) is 36.3 Å². The fourth-order valence-corrected chi connectivity index (χ4v) is 2.34. The number of nitrogens with zero attached hydrogens (tertiary/aromatic N) is 4. The molecule has 1 aliphatic heterocycles. The normalized spacial score (nSPS) is 14.6. The van der Waals surface area contributed by atoms with Gasteiger partial charge >= 0.3 is 0 Å². The van der Waals surface area contributed by atoms with Crippen LogP contribution in [0.5, 0.6) is 0 Å². The van der Waals surface area contributed by atoms with E-state index in [1.165, 1.54) is 12.8 Å². The Bertz CT molecular complexity index is 598. The predicted octanol–water partition coefficient (Wildman–Crippen LogP) is 1.67. The summed E-state index contributed by atoms with van der Waals surface area (Å²) in [5.41, 5.74) is 1.23. The molecule has 1 fully saturated rings. The number of amides is 1. The first-order chi connectivity index (χ1) is 9.72. The molecule has 104 valence electrons. The summed E-state index contributed by atoms with van der Waals surface area (Å²) in [7, 11) is 1.78. The lowest BCUT2D eigenvalue weighted by Gasteiger charge is -2.16. The second kappa shape index (κ2) is 5.32. The van der Waals surface area contributed by atoms with Crippen molar-refractivity contribution in [2.75, 3.05) is 23.3 Å². The first kappa shape index (κ1) is 12.7. The Morgan fingerprint density at radius 2 is 2.05 bits per heavy atom. The fourth-order valence-electron chi connectivity index (χ4n) is 2.34. The van der Waals surface area contributed by atoms with Gasteiger partial charge in [-0.3, -0.25) is 9.48 Å². The largest absolute Gasteiger partial charge is 0.357 e. The van der Waals surface area contributed by atoms with Crippen molar-refractivity contribution in [1.82, 2.24) is 14.8 Å². The van der Waals surface area contributed by atoms with Crippen LogP contribution in [0.1, 0.15) is 23.2 Å². The Morgan fingerprint density at radius 1 is 1.25 bits per heavy atom. The van der Waals surface area contributed by atoms with Crippen LogP contribution in [0.25, 0.3) is 0 Å². The molecule has 0 bridgehead atoms. The van der Waals surface area contributed by atoms with Gasteiger partial charge in [0.15, 0.2) is 0 Å². The summed E-state index contributed by atoms with van der Waals surface area (Å²) in [5, 5.41) is 6.80. The van der Waals surface area contributed by atoms with E-state index in [0.29, 0.717) is 11.3 Å². The Balaban J connectivity index is 1.67. The van der Waals surface area contributed by atoms with Gasteiger partial charge in [0.25, 0.3) is 5.91 Å². The molecule has 0 unspecified atom stereocenters. The van der Waals surface area contributed by atoms with Crippen molar-refractivity contribution in [2.45, 2.75) is 12.8 Å². The standard InChI is InChI=1S/C14H17N5O/c1-18-10-11(8-16-18)14(20)17-12-4-5-13(15-9-12)19-6-2-3-7-19/h4-5,8-10H,2-3,6-7H2,1H3,(H,17,20).